The summed E-state index contributed by atoms with van der Waals surface area (Å²) in [5.74, 6) is 0.0249. The van der Waals surface area contributed by atoms with Gasteiger partial charge in [-0.15, -0.1) is 0 Å². The Labute approximate surface area is 194 Å². The van der Waals surface area contributed by atoms with Gasteiger partial charge in [0, 0.05) is 9.13 Å². The van der Waals surface area contributed by atoms with E-state index >= 15 is 0 Å². The number of carbonyl (C=O) groups is 1. The predicted molar refractivity (Wildman–Crippen MR) is 129 cm³/mol. The third-order valence-electron chi connectivity index (χ3n) is 4.26. The molecule has 0 aliphatic rings. The minimum Gasteiger partial charge on any atom is -0.496 e. The lowest BCUT2D eigenvalue weighted by molar-refractivity contribution is -0.119. The lowest BCUT2D eigenvalue weighted by atomic mass is 10.2. The van der Waals surface area contributed by atoms with Crippen LogP contribution in [-0.2, 0) is 14.8 Å². The zero-order valence-electron chi connectivity index (χ0n) is 16.6. The number of sulfonamides is 1. The molecule has 0 aromatic heterocycles. The molecular weight excluding hydrogens is 529 g/mol. The highest BCUT2D eigenvalue weighted by Crippen LogP contribution is 2.24. The van der Waals surface area contributed by atoms with Crippen LogP contribution >= 0.6 is 22.6 Å². The molecule has 3 rings (SSSR count). The molecule has 0 atom stereocenters. The van der Waals surface area contributed by atoms with Crippen LogP contribution in [0.3, 0.4) is 0 Å². The smallest absolute Gasteiger partial charge is 0.264 e. The second-order valence-corrected chi connectivity index (χ2v) is 9.44. The van der Waals surface area contributed by atoms with Gasteiger partial charge in [0.1, 0.15) is 12.3 Å². The zero-order chi connectivity index (χ0) is 22.3. The number of nitrogens with zero attached hydrogens (tertiary/aromatic N) is 2. The molecule has 160 valence electrons. The van der Waals surface area contributed by atoms with E-state index in [1.807, 2.05) is 12.1 Å². The number of carbonyl (C=O) groups excluding carboxylic acids is 1. The van der Waals surface area contributed by atoms with Gasteiger partial charge in [-0.25, -0.2) is 13.8 Å². The molecule has 0 aliphatic carbocycles. The quantitative estimate of drug-likeness (QED) is 0.264. The van der Waals surface area contributed by atoms with Crippen molar-refractivity contribution in [3.05, 3.63) is 88.0 Å². The summed E-state index contributed by atoms with van der Waals surface area (Å²) in [6.45, 7) is -0.429. The van der Waals surface area contributed by atoms with Crippen LogP contribution in [-0.4, -0.2) is 34.2 Å². The van der Waals surface area contributed by atoms with Crippen molar-refractivity contribution in [1.82, 2.24) is 5.43 Å². The zero-order valence-corrected chi connectivity index (χ0v) is 19.6. The van der Waals surface area contributed by atoms with Gasteiger partial charge in [-0.05, 0) is 71.1 Å². The number of anilines is 1. The first kappa shape index (κ1) is 22.8. The number of methoxy groups -OCH3 is 1. The monoisotopic (exact) mass is 549 g/mol. The van der Waals surface area contributed by atoms with E-state index in [1.165, 1.54) is 18.3 Å². The molecule has 0 spiro atoms. The van der Waals surface area contributed by atoms with Gasteiger partial charge >= 0.3 is 0 Å². The predicted octanol–water partition coefficient (Wildman–Crippen LogP) is 3.65. The summed E-state index contributed by atoms with van der Waals surface area (Å²) in [6.07, 6.45) is 1.44. The van der Waals surface area contributed by atoms with Crippen LogP contribution in [0.25, 0.3) is 0 Å². The molecule has 0 unspecified atom stereocenters. The Bertz CT molecular complexity index is 1170. The molecule has 0 radical (unpaired) electrons. The van der Waals surface area contributed by atoms with Crippen LogP contribution in [0.15, 0.2) is 88.9 Å². The molecule has 1 N–H and O–H groups in total. The lowest BCUT2D eigenvalue weighted by Crippen LogP contribution is -2.39. The van der Waals surface area contributed by atoms with Crippen LogP contribution in [0.2, 0.25) is 0 Å². The molecule has 0 fully saturated rings. The maximum absolute atomic E-state index is 13.2. The summed E-state index contributed by atoms with van der Waals surface area (Å²) >= 11 is 2.13. The maximum Gasteiger partial charge on any atom is 0.264 e. The standard InChI is InChI=1S/C22H20IN3O4S/c1-30-21-10-6-5-7-17(21)15-24-25-22(27)16-26(19-13-11-18(23)12-14-19)31(28,29)20-8-3-2-4-9-20/h2-15H,16H2,1H3,(H,25,27)/b24-15-. The van der Waals surface area contributed by atoms with E-state index < -0.39 is 22.5 Å². The van der Waals surface area contributed by atoms with E-state index in [0.717, 1.165) is 7.88 Å². The van der Waals surface area contributed by atoms with Gasteiger partial charge in [0.15, 0.2) is 0 Å². The van der Waals surface area contributed by atoms with Gasteiger partial charge in [0.05, 0.1) is 23.9 Å². The number of amides is 1. The minimum atomic E-state index is -3.95. The lowest BCUT2D eigenvalue weighted by Gasteiger charge is -2.23. The van der Waals surface area contributed by atoms with Crippen molar-refractivity contribution in [3.8, 4) is 5.75 Å². The Morgan fingerprint density at radius 2 is 1.68 bits per heavy atom. The Hall–Kier alpha value is -2.92. The molecule has 7 nitrogen and oxygen atoms in total. The number of hydrogen-bond donors (Lipinski definition) is 1. The molecule has 31 heavy (non-hydrogen) atoms. The van der Waals surface area contributed by atoms with Crippen molar-refractivity contribution < 1.29 is 17.9 Å². The third kappa shape index (κ3) is 5.82. The highest BCUT2D eigenvalue weighted by Gasteiger charge is 2.27. The number of rotatable bonds is 8. The largest absolute Gasteiger partial charge is 0.496 e. The van der Waals surface area contributed by atoms with Gasteiger partial charge in [0.25, 0.3) is 15.9 Å². The molecule has 0 saturated heterocycles. The maximum atomic E-state index is 13.2. The van der Waals surface area contributed by atoms with Crippen LogP contribution in [0.1, 0.15) is 5.56 Å². The molecule has 3 aromatic rings. The normalized spacial score (nSPS) is 11.3. The first-order valence-corrected chi connectivity index (χ1v) is 11.7. The molecule has 0 aliphatic heterocycles. The van der Waals surface area contributed by atoms with Gasteiger partial charge in [-0.2, -0.15) is 5.10 Å². The summed E-state index contributed by atoms with van der Waals surface area (Å²) in [5, 5.41) is 3.94. The Morgan fingerprint density at radius 1 is 1.03 bits per heavy atom. The SMILES string of the molecule is COc1ccccc1/C=N\NC(=O)CN(c1ccc(I)cc1)S(=O)(=O)c1ccccc1. The first-order valence-electron chi connectivity index (χ1n) is 9.20. The number of hydrogen-bond acceptors (Lipinski definition) is 5. The number of ether oxygens (including phenoxy) is 1. The summed E-state index contributed by atoms with van der Waals surface area (Å²) in [5.41, 5.74) is 3.45. The van der Waals surface area contributed by atoms with Crippen LogP contribution < -0.4 is 14.5 Å². The molecule has 1 amide bonds. The second kappa shape index (κ2) is 10.4. The van der Waals surface area contributed by atoms with Gasteiger partial charge in [0.2, 0.25) is 0 Å². The van der Waals surface area contributed by atoms with E-state index in [-0.39, 0.29) is 4.90 Å². The highest BCUT2D eigenvalue weighted by atomic mass is 127. The number of halogens is 1. The van der Waals surface area contributed by atoms with Crippen molar-refractivity contribution in [2.75, 3.05) is 18.0 Å². The van der Waals surface area contributed by atoms with Crippen molar-refractivity contribution in [1.29, 1.82) is 0 Å². The molecule has 0 bridgehead atoms. The molecule has 0 saturated carbocycles. The summed E-state index contributed by atoms with van der Waals surface area (Å²) in [7, 11) is -2.41. The molecule has 9 heteroatoms. The Balaban J connectivity index is 1.82. The van der Waals surface area contributed by atoms with E-state index in [0.29, 0.717) is 17.0 Å². The fourth-order valence-electron chi connectivity index (χ4n) is 2.75. The van der Waals surface area contributed by atoms with Crippen LogP contribution in [0.4, 0.5) is 5.69 Å². The fraction of sp³-hybridized carbons (Fsp3) is 0.0909. The van der Waals surface area contributed by atoms with E-state index in [1.54, 1.807) is 61.7 Å². The van der Waals surface area contributed by atoms with Crippen molar-refractivity contribution in [2.24, 2.45) is 5.10 Å². The van der Waals surface area contributed by atoms with E-state index in [2.05, 4.69) is 33.1 Å². The topological polar surface area (TPSA) is 88.1 Å². The van der Waals surface area contributed by atoms with Crippen LogP contribution in [0, 0.1) is 3.57 Å². The second-order valence-electron chi connectivity index (χ2n) is 6.34. The summed E-state index contributed by atoms with van der Waals surface area (Å²) in [4.78, 5) is 12.6. The average molecular weight is 549 g/mol. The fourth-order valence-corrected chi connectivity index (χ4v) is 4.56. The van der Waals surface area contributed by atoms with E-state index in [4.69, 9.17) is 4.74 Å². The minimum absolute atomic E-state index is 0.0962. The van der Waals surface area contributed by atoms with Crippen molar-refractivity contribution in [2.45, 2.75) is 4.90 Å². The number of para-hydroxylation sites is 1. The van der Waals surface area contributed by atoms with Gasteiger partial charge in [-0.3, -0.25) is 9.10 Å². The molecule has 3 aromatic carbocycles. The average Bonchev–Trinajstić information content (AvgIpc) is 2.79. The first-order chi connectivity index (χ1) is 14.9. The van der Waals surface area contributed by atoms with E-state index in [9.17, 15) is 13.2 Å². The van der Waals surface area contributed by atoms with Crippen LogP contribution in [0.5, 0.6) is 5.75 Å². The van der Waals surface area contributed by atoms with Crippen molar-refractivity contribution in [3.63, 3.8) is 0 Å². The van der Waals surface area contributed by atoms with Crippen molar-refractivity contribution >= 4 is 50.4 Å². The Morgan fingerprint density at radius 3 is 2.35 bits per heavy atom. The third-order valence-corrected chi connectivity index (χ3v) is 6.77. The number of benzene rings is 3. The Kier molecular flexibility index (Phi) is 7.64. The molecular formula is C22H20IN3O4S. The van der Waals surface area contributed by atoms with Gasteiger partial charge < -0.3 is 4.74 Å². The summed E-state index contributed by atoms with van der Waals surface area (Å²) in [6, 6.07) is 22.1. The summed E-state index contributed by atoms with van der Waals surface area (Å²) < 4.78 is 33.7. The highest BCUT2D eigenvalue weighted by molar-refractivity contribution is 14.1. The molecule has 0 heterocycles. The number of nitrogens with one attached hydrogen (secondary N) is 1. The number of hydrazone groups is 1. The van der Waals surface area contributed by atoms with Gasteiger partial charge in [-0.1, -0.05) is 30.3 Å².